The Labute approximate surface area is 94.9 Å². The third-order valence-electron chi connectivity index (χ3n) is 3.75. The van der Waals surface area contributed by atoms with Crippen molar-refractivity contribution in [3.8, 4) is 0 Å². The number of rotatable bonds is 4. The minimum atomic E-state index is 0.630. The van der Waals surface area contributed by atoms with E-state index >= 15 is 0 Å². The van der Waals surface area contributed by atoms with E-state index in [-0.39, 0.29) is 0 Å². The van der Waals surface area contributed by atoms with Crippen LogP contribution in [-0.4, -0.2) is 28.6 Å². The maximum Gasteiger partial charge on any atom is 0.0899 e. The molecule has 1 rings (SSSR count). The van der Waals surface area contributed by atoms with Crippen LogP contribution in [0.1, 0.15) is 41.5 Å². The summed E-state index contributed by atoms with van der Waals surface area (Å²) in [6.45, 7) is 14.8. The van der Waals surface area contributed by atoms with Crippen molar-refractivity contribution in [1.29, 1.82) is 0 Å². The molecule has 2 nitrogen and oxygen atoms in total. The molecule has 0 amide bonds. The Morgan fingerprint density at radius 1 is 0.733 bits per heavy atom. The molecule has 1 heterocycles. The van der Waals surface area contributed by atoms with E-state index in [1.807, 2.05) is 0 Å². The SMILES string of the molecule is CC(C)C(C)N1C=CN(C(C)C(C)C)C1. The van der Waals surface area contributed by atoms with E-state index in [0.717, 1.165) is 6.67 Å². The molecule has 0 N–H and O–H groups in total. The summed E-state index contributed by atoms with van der Waals surface area (Å²) in [7, 11) is 0. The van der Waals surface area contributed by atoms with Gasteiger partial charge in [0.1, 0.15) is 0 Å². The van der Waals surface area contributed by atoms with E-state index in [1.54, 1.807) is 0 Å². The van der Waals surface area contributed by atoms with Gasteiger partial charge in [-0.05, 0) is 25.7 Å². The molecule has 0 fully saturated rings. The van der Waals surface area contributed by atoms with Gasteiger partial charge in [-0.1, -0.05) is 27.7 Å². The quantitative estimate of drug-likeness (QED) is 0.703. The average Bonchev–Trinajstić information content (AvgIpc) is 2.63. The molecule has 0 aromatic heterocycles. The zero-order valence-electron chi connectivity index (χ0n) is 11.1. The van der Waals surface area contributed by atoms with Gasteiger partial charge in [0.15, 0.2) is 0 Å². The summed E-state index contributed by atoms with van der Waals surface area (Å²) < 4.78 is 0. The van der Waals surface area contributed by atoms with Crippen LogP contribution in [0.4, 0.5) is 0 Å². The minimum absolute atomic E-state index is 0.630. The lowest BCUT2D eigenvalue weighted by atomic mass is 10.1. The molecular weight excluding hydrogens is 184 g/mol. The molecule has 2 unspecified atom stereocenters. The molecule has 2 atom stereocenters. The van der Waals surface area contributed by atoms with Crippen LogP contribution in [0.2, 0.25) is 0 Å². The van der Waals surface area contributed by atoms with E-state index in [2.05, 4.69) is 63.7 Å². The number of hydrogen-bond acceptors (Lipinski definition) is 2. The van der Waals surface area contributed by atoms with Gasteiger partial charge in [-0.2, -0.15) is 0 Å². The molecule has 0 saturated heterocycles. The van der Waals surface area contributed by atoms with E-state index in [0.29, 0.717) is 23.9 Å². The largest absolute Gasteiger partial charge is 0.356 e. The lowest BCUT2D eigenvalue weighted by Gasteiger charge is -2.33. The van der Waals surface area contributed by atoms with Gasteiger partial charge in [-0.3, -0.25) is 0 Å². The molecule has 2 heteroatoms. The monoisotopic (exact) mass is 210 g/mol. The Kier molecular flexibility index (Phi) is 4.06. The van der Waals surface area contributed by atoms with E-state index in [1.165, 1.54) is 0 Å². The Balaban J connectivity index is 2.50. The van der Waals surface area contributed by atoms with Gasteiger partial charge < -0.3 is 9.80 Å². The van der Waals surface area contributed by atoms with Crippen molar-refractivity contribution in [2.45, 2.75) is 53.6 Å². The van der Waals surface area contributed by atoms with Gasteiger partial charge in [-0.15, -0.1) is 0 Å². The molecule has 88 valence electrons. The Morgan fingerprint density at radius 2 is 1.07 bits per heavy atom. The van der Waals surface area contributed by atoms with Crippen molar-refractivity contribution in [3.05, 3.63) is 12.4 Å². The second-order valence-corrected chi connectivity index (χ2v) is 5.44. The van der Waals surface area contributed by atoms with Gasteiger partial charge in [0.25, 0.3) is 0 Å². The van der Waals surface area contributed by atoms with E-state index in [9.17, 15) is 0 Å². The van der Waals surface area contributed by atoms with Crippen molar-refractivity contribution in [1.82, 2.24) is 9.80 Å². The fourth-order valence-electron chi connectivity index (χ4n) is 1.75. The average molecular weight is 210 g/mol. The van der Waals surface area contributed by atoms with Crippen LogP contribution in [0.3, 0.4) is 0 Å². The maximum absolute atomic E-state index is 2.43. The lowest BCUT2D eigenvalue weighted by Crippen LogP contribution is -2.39. The molecule has 0 saturated carbocycles. The molecule has 0 aliphatic carbocycles. The summed E-state index contributed by atoms with van der Waals surface area (Å²) in [5, 5.41) is 0. The highest BCUT2D eigenvalue weighted by atomic mass is 15.4. The maximum atomic E-state index is 2.43. The van der Waals surface area contributed by atoms with Gasteiger partial charge in [-0.25, -0.2) is 0 Å². The number of hydrogen-bond donors (Lipinski definition) is 0. The summed E-state index contributed by atoms with van der Waals surface area (Å²) in [6.07, 6.45) is 4.48. The summed E-state index contributed by atoms with van der Waals surface area (Å²) >= 11 is 0. The molecule has 1 aliphatic rings. The highest BCUT2D eigenvalue weighted by molar-refractivity contribution is 4.95. The molecule has 0 aromatic rings. The smallest absolute Gasteiger partial charge is 0.0899 e. The molecule has 0 bridgehead atoms. The molecular formula is C13H26N2. The van der Waals surface area contributed by atoms with E-state index in [4.69, 9.17) is 0 Å². The predicted molar refractivity (Wildman–Crippen MR) is 66.3 cm³/mol. The van der Waals surface area contributed by atoms with Crippen LogP contribution in [-0.2, 0) is 0 Å². The summed E-state index contributed by atoms with van der Waals surface area (Å²) in [4.78, 5) is 4.87. The van der Waals surface area contributed by atoms with Crippen LogP contribution in [0, 0.1) is 11.8 Å². The third kappa shape index (κ3) is 2.90. The fraction of sp³-hybridized carbons (Fsp3) is 0.846. The minimum Gasteiger partial charge on any atom is -0.356 e. The first-order valence-electron chi connectivity index (χ1n) is 6.13. The Hall–Kier alpha value is -0.660. The highest BCUT2D eigenvalue weighted by Crippen LogP contribution is 2.20. The molecule has 1 aliphatic heterocycles. The topological polar surface area (TPSA) is 6.48 Å². The van der Waals surface area contributed by atoms with Crippen molar-refractivity contribution in [3.63, 3.8) is 0 Å². The first-order chi connectivity index (χ1) is 6.93. The molecule has 0 radical (unpaired) electrons. The van der Waals surface area contributed by atoms with Gasteiger partial charge in [0, 0.05) is 24.5 Å². The van der Waals surface area contributed by atoms with Gasteiger partial charge in [0.05, 0.1) is 6.67 Å². The van der Waals surface area contributed by atoms with E-state index < -0.39 is 0 Å². The highest BCUT2D eigenvalue weighted by Gasteiger charge is 2.23. The van der Waals surface area contributed by atoms with Crippen LogP contribution in [0.5, 0.6) is 0 Å². The Morgan fingerprint density at radius 3 is 1.33 bits per heavy atom. The van der Waals surface area contributed by atoms with Crippen molar-refractivity contribution in [2.24, 2.45) is 11.8 Å². The molecule has 0 spiro atoms. The number of nitrogens with zero attached hydrogens (tertiary/aromatic N) is 2. The Bertz CT molecular complexity index is 199. The van der Waals surface area contributed by atoms with Crippen molar-refractivity contribution < 1.29 is 0 Å². The zero-order chi connectivity index (χ0) is 11.6. The zero-order valence-corrected chi connectivity index (χ0v) is 11.1. The van der Waals surface area contributed by atoms with Crippen LogP contribution in [0.25, 0.3) is 0 Å². The van der Waals surface area contributed by atoms with Gasteiger partial charge >= 0.3 is 0 Å². The van der Waals surface area contributed by atoms with Crippen LogP contribution < -0.4 is 0 Å². The molecule has 15 heavy (non-hydrogen) atoms. The summed E-state index contributed by atoms with van der Waals surface area (Å²) in [6, 6.07) is 1.26. The predicted octanol–water partition coefficient (Wildman–Crippen LogP) is 3.12. The normalized spacial score (nSPS) is 20.5. The van der Waals surface area contributed by atoms with Crippen molar-refractivity contribution in [2.75, 3.05) is 6.67 Å². The second kappa shape index (κ2) is 4.91. The van der Waals surface area contributed by atoms with Crippen LogP contribution in [0.15, 0.2) is 12.4 Å². The third-order valence-corrected chi connectivity index (χ3v) is 3.75. The first-order valence-corrected chi connectivity index (χ1v) is 6.13. The van der Waals surface area contributed by atoms with Crippen molar-refractivity contribution >= 4 is 0 Å². The summed E-state index contributed by atoms with van der Waals surface area (Å²) in [5.74, 6) is 1.42. The summed E-state index contributed by atoms with van der Waals surface area (Å²) in [5.41, 5.74) is 0. The van der Waals surface area contributed by atoms with Gasteiger partial charge in [0.2, 0.25) is 0 Å². The standard InChI is InChI=1S/C13H26N2/c1-10(2)12(5)14-7-8-15(9-14)13(6)11(3)4/h7-8,10-13H,9H2,1-6H3. The lowest BCUT2D eigenvalue weighted by molar-refractivity contribution is 0.146. The molecule has 0 aromatic carbocycles. The van der Waals surface area contributed by atoms with Crippen LogP contribution >= 0.6 is 0 Å². The second-order valence-electron chi connectivity index (χ2n) is 5.44. The first kappa shape index (κ1) is 12.4. The fourth-order valence-corrected chi connectivity index (χ4v) is 1.75.